The van der Waals surface area contributed by atoms with Crippen LogP contribution >= 0.6 is 0 Å². The molecule has 2 aromatic rings. The molecule has 2 aromatic carbocycles. The molecule has 126 valence electrons. The predicted molar refractivity (Wildman–Crippen MR) is 96.5 cm³/mol. The van der Waals surface area contributed by atoms with Crippen molar-refractivity contribution in [2.24, 2.45) is 0 Å². The third-order valence-corrected chi connectivity index (χ3v) is 5.13. The van der Waals surface area contributed by atoms with Crippen molar-refractivity contribution >= 4 is 5.91 Å². The van der Waals surface area contributed by atoms with Crippen LogP contribution in [0.25, 0.3) is 0 Å². The van der Waals surface area contributed by atoms with E-state index in [0.717, 1.165) is 18.6 Å². The lowest BCUT2D eigenvalue weighted by atomic mass is 9.76. The van der Waals surface area contributed by atoms with Crippen LogP contribution in [0.3, 0.4) is 0 Å². The molecule has 0 bridgehead atoms. The summed E-state index contributed by atoms with van der Waals surface area (Å²) in [6.07, 6.45) is 1.98. The predicted octanol–water partition coefficient (Wildman–Crippen LogP) is 4.41. The van der Waals surface area contributed by atoms with Crippen molar-refractivity contribution in [2.75, 3.05) is 7.11 Å². The van der Waals surface area contributed by atoms with Crippen molar-refractivity contribution in [3.8, 4) is 5.75 Å². The summed E-state index contributed by atoms with van der Waals surface area (Å²) in [6.45, 7) is 5.82. The summed E-state index contributed by atoms with van der Waals surface area (Å²) in [4.78, 5) is 11.5. The third kappa shape index (κ3) is 3.03. The van der Waals surface area contributed by atoms with E-state index in [1.165, 1.54) is 27.8 Å². The maximum Gasteiger partial charge on any atom is 0.217 e. The molecule has 0 saturated heterocycles. The van der Waals surface area contributed by atoms with Gasteiger partial charge in [0.1, 0.15) is 5.75 Å². The van der Waals surface area contributed by atoms with Gasteiger partial charge in [0.05, 0.1) is 13.2 Å². The first kappa shape index (κ1) is 16.6. The summed E-state index contributed by atoms with van der Waals surface area (Å²) in [7, 11) is 1.73. The fraction of sp³-hybridized carbons (Fsp3) is 0.381. The standard InChI is InChI=1S/C21H25NO2/c1-13-11-16(12-21(24-4)14(13)2)17-9-10-20(22-15(3)23)19-8-6-5-7-18(17)19/h5-8,11-12,17,20H,9-10H2,1-4H3,(H,22,23). The topological polar surface area (TPSA) is 38.3 Å². The minimum absolute atomic E-state index is 0.0288. The molecule has 2 unspecified atom stereocenters. The van der Waals surface area contributed by atoms with Crippen LogP contribution in [0.4, 0.5) is 0 Å². The summed E-state index contributed by atoms with van der Waals surface area (Å²) >= 11 is 0. The van der Waals surface area contributed by atoms with Gasteiger partial charge in [-0.3, -0.25) is 4.79 Å². The molecule has 1 aliphatic rings. The Kier molecular flexibility index (Phi) is 4.61. The average molecular weight is 323 g/mol. The van der Waals surface area contributed by atoms with Gasteiger partial charge in [0.25, 0.3) is 0 Å². The van der Waals surface area contributed by atoms with E-state index < -0.39 is 0 Å². The van der Waals surface area contributed by atoms with Gasteiger partial charge in [0, 0.05) is 12.8 Å². The highest BCUT2D eigenvalue weighted by molar-refractivity contribution is 5.73. The molecule has 2 atom stereocenters. The Bertz CT molecular complexity index is 766. The molecule has 3 rings (SSSR count). The minimum Gasteiger partial charge on any atom is -0.496 e. The second kappa shape index (κ2) is 6.68. The van der Waals surface area contributed by atoms with E-state index in [1.807, 2.05) is 0 Å². The highest BCUT2D eigenvalue weighted by Gasteiger charge is 2.29. The Labute approximate surface area is 144 Å². The Morgan fingerprint density at radius 2 is 1.83 bits per heavy atom. The third-order valence-electron chi connectivity index (χ3n) is 5.13. The van der Waals surface area contributed by atoms with Crippen molar-refractivity contribution in [3.05, 3.63) is 64.2 Å². The lowest BCUT2D eigenvalue weighted by molar-refractivity contribution is -0.119. The SMILES string of the molecule is COc1cc(C2CCC(NC(C)=O)c3ccccc32)cc(C)c1C. The number of ether oxygens (including phenoxy) is 1. The largest absolute Gasteiger partial charge is 0.496 e. The van der Waals surface area contributed by atoms with Crippen molar-refractivity contribution in [1.29, 1.82) is 0 Å². The van der Waals surface area contributed by atoms with Crippen LogP contribution in [0.1, 0.15) is 59.5 Å². The van der Waals surface area contributed by atoms with Crippen LogP contribution in [0, 0.1) is 13.8 Å². The number of amides is 1. The molecular formula is C21H25NO2. The number of carbonyl (C=O) groups is 1. The Morgan fingerprint density at radius 1 is 1.12 bits per heavy atom. The lowest BCUT2D eigenvalue weighted by Gasteiger charge is -2.32. The van der Waals surface area contributed by atoms with Crippen LogP contribution in [0.2, 0.25) is 0 Å². The number of nitrogens with one attached hydrogen (secondary N) is 1. The maximum atomic E-state index is 11.5. The van der Waals surface area contributed by atoms with Gasteiger partial charge in [0.2, 0.25) is 5.91 Å². The van der Waals surface area contributed by atoms with E-state index in [0.29, 0.717) is 5.92 Å². The van der Waals surface area contributed by atoms with Crippen molar-refractivity contribution in [1.82, 2.24) is 5.32 Å². The highest BCUT2D eigenvalue weighted by Crippen LogP contribution is 2.42. The van der Waals surface area contributed by atoms with Crippen LogP contribution in [-0.2, 0) is 4.79 Å². The minimum atomic E-state index is 0.0288. The monoisotopic (exact) mass is 323 g/mol. The quantitative estimate of drug-likeness (QED) is 0.908. The number of carbonyl (C=O) groups excluding carboxylic acids is 1. The fourth-order valence-electron chi connectivity index (χ4n) is 3.80. The second-order valence-electron chi connectivity index (χ2n) is 6.68. The summed E-state index contributed by atoms with van der Waals surface area (Å²) in [5.41, 5.74) is 6.30. The molecule has 1 N–H and O–H groups in total. The van der Waals surface area contributed by atoms with Gasteiger partial charge in [-0.15, -0.1) is 0 Å². The number of hydrogen-bond acceptors (Lipinski definition) is 2. The van der Waals surface area contributed by atoms with Crippen molar-refractivity contribution < 1.29 is 9.53 Å². The van der Waals surface area contributed by atoms with E-state index >= 15 is 0 Å². The molecule has 0 heterocycles. The average Bonchev–Trinajstić information content (AvgIpc) is 2.57. The maximum absolute atomic E-state index is 11.5. The van der Waals surface area contributed by atoms with Gasteiger partial charge < -0.3 is 10.1 Å². The molecule has 0 aliphatic heterocycles. The van der Waals surface area contributed by atoms with Crippen LogP contribution in [0.15, 0.2) is 36.4 Å². The molecule has 1 aliphatic carbocycles. The summed E-state index contributed by atoms with van der Waals surface area (Å²) < 4.78 is 5.56. The summed E-state index contributed by atoms with van der Waals surface area (Å²) in [5, 5.41) is 3.09. The molecule has 3 nitrogen and oxygen atoms in total. The molecule has 0 spiro atoms. The number of rotatable bonds is 3. The van der Waals surface area contributed by atoms with Gasteiger partial charge >= 0.3 is 0 Å². The number of hydrogen-bond donors (Lipinski definition) is 1. The zero-order valence-electron chi connectivity index (χ0n) is 14.8. The first-order valence-electron chi connectivity index (χ1n) is 8.52. The zero-order chi connectivity index (χ0) is 17.3. The molecule has 0 fully saturated rings. The van der Waals surface area contributed by atoms with Crippen LogP contribution in [0.5, 0.6) is 5.75 Å². The molecular weight excluding hydrogens is 298 g/mol. The summed E-state index contributed by atoms with van der Waals surface area (Å²) in [6, 6.07) is 13.0. The van der Waals surface area contributed by atoms with Crippen LogP contribution in [-0.4, -0.2) is 13.0 Å². The van der Waals surface area contributed by atoms with E-state index in [2.05, 4.69) is 55.6 Å². The second-order valence-corrected chi connectivity index (χ2v) is 6.68. The normalized spacial score (nSPS) is 19.5. The van der Waals surface area contributed by atoms with Crippen LogP contribution < -0.4 is 10.1 Å². The van der Waals surface area contributed by atoms with E-state index in [4.69, 9.17) is 4.74 Å². The molecule has 0 aromatic heterocycles. The van der Waals surface area contributed by atoms with Gasteiger partial charge in [-0.25, -0.2) is 0 Å². The summed E-state index contributed by atoms with van der Waals surface area (Å²) in [5.74, 6) is 1.33. The number of methoxy groups -OCH3 is 1. The van der Waals surface area contributed by atoms with Gasteiger partial charge in [-0.1, -0.05) is 30.3 Å². The van der Waals surface area contributed by atoms with Gasteiger partial charge in [-0.2, -0.15) is 0 Å². The molecule has 1 amide bonds. The Balaban J connectivity index is 2.04. The fourth-order valence-corrected chi connectivity index (χ4v) is 3.80. The molecule has 0 radical (unpaired) electrons. The number of fused-ring (bicyclic) bond motifs is 1. The number of aryl methyl sites for hydroxylation is 1. The van der Waals surface area contributed by atoms with Crippen molar-refractivity contribution in [2.45, 2.75) is 45.6 Å². The molecule has 24 heavy (non-hydrogen) atoms. The Morgan fingerprint density at radius 3 is 2.50 bits per heavy atom. The lowest BCUT2D eigenvalue weighted by Crippen LogP contribution is -2.30. The first-order valence-corrected chi connectivity index (χ1v) is 8.52. The molecule has 0 saturated carbocycles. The van der Waals surface area contributed by atoms with Crippen molar-refractivity contribution in [3.63, 3.8) is 0 Å². The van der Waals surface area contributed by atoms with Gasteiger partial charge in [0.15, 0.2) is 0 Å². The zero-order valence-corrected chi connectivity index (χ0v) is 14.8. The smallest absolute Gasteiger partial charge is 0.217 e. The van der Waals surface area contributed by atoms with E-state index in [-0.39, 0.29) is 11.9 Å². The Hall–Kier alpha value is -2.29. The first-order chi connectivity index (χ1) is 11.5. The number of benzene rings is 2. The van der Waals surface area contributed by atoms with E-state index in [1.54, 1.807) is 14.0 Å². The van der Waals surface area contributed by atoms with Gasteiger partial charge in [-0.05, 0) is 60.6 Å². The highest BCUT2D eigenvalue weighted by atomic mass is 16.5. The van der Waals surface area contributed by atoms with E-state index in [9.17, 15) is 4.79 Å². The molecule has 3 heteroatoms.